The summed E-state index contributed by atoms with van der Waals surface area (Å²) in [5, 5.41) is 15.0. The second kappa shape index (κ2) is 6.08. The fourth-order valence-corrected chi connectivity index (χ4v) is 1.68. The molecular formula is C14H14N2O5. The maximum Gasteiger partial charge on any atom is 0.335 e. The number of nitrogens with one attached hydrogen (secondary N) is 1. The van der Waals surface area contributed by atoms with Crippen LogP contribution in [0.3, 0.4) is 0 Å². The number of aromatic carboxylic acids is 1. The number of carbonyl (C=O) groups is 2. The molecule has 2 aromatic rings. The van der Waals surface area contributed by atoms with Gasteiger partial charge >= 0.3 is 5.97 Å². The third-order valence-corrected chi connectivity index (χ3v) is 2.67. The van der Waals surface area contributed by atoms with Crippen LogP contribution in [0.25, 0.3) is 0 Å². The summed E-state index contributed by atoms with van der Waals surface area (Å²) in [5.41, 5.74) is 1.46. The lowest BCUT2D eigenvalue weighted by atomic mass is 10.1. The highest BCUT2D eigenvalue weighted by Crippen LogP contribution is 2.19. The van der Waals surface area contributed by atoms with Crippen molar-refractivity contribution >= 4 is 17.8 Å². The van der Waals surface area contributed by atoms with Gasteiger partial charge in [0.2, 0.25) is 5.88 Å². The number of carbonyl (C=O) groups excluding carboxylic acids is 1. The van der Waals surface area contributed by atoms with Crippen LogP contribution in [0.4, 0.5) is 5.88 Å². The molecular weight excluding hydrogens is 276 g/mol. The molecule has 0 aliphatic rings. The summed E-state index contributed by atoms with van der Waals surface area (Å²) < 4.78 is 10.2. The first-order valence-electron chi connectivity index (χ1n) is 6.15. The number of rotatable bonds is 5. The smallest absolute Gasteiger partial charge is 0.335 e. The number of aryl methyl sites for hydroxylation is 2. The molecule has 0 fully saturated rings. The fraction of sp³-hybridized carbons (Fsp3) is 0.214. The Morgan fingerprint density at radius 1 is 1.33 bits per heavy atom. The van der Waals surface area contributed by atoms with E-state index in [1.165, 1.54) is 18.2 Å². The summed E-state index contributed by atoms with van der Waals surface area (Å²) in [6.45, 7) is 3.23. The van der Waals surface area contributed by atoms with Crippen LogP contribution in [-0.2, 0) is 4.79 Å². The average Bonchev–Trinajstić information content (AvgIpc) is 2.82. The number of anilines is 1. The monoisotopic (exact) mass is 290 g/mol. The van der Waals surface area contributed by atoms with E-state index in [1.807, 2.05) is 0 Å². The summed E-state index contributed by atoms with van der Waals surface area (Å²) in [7, 11) is 0. The minimum absolute atomic E-state index is 0.168. The number of nitrogens with zero attached hydrogens (tertiary/aromatic N) is 1. The van der Waals surface area contributed by atoms with Crippen molar-refractivity contribution in [2.45, 2.75) is 13.8 Å². The highest BCUT2D eigenvalue weighted by atomic mass is 16.5. The number of hydrogen-bond donors (Lipinski definition) is 2. The topological polar surface area (TPSA) is 102 Å². The van der Waals surface area contributed by atoms with E-state index >= 15 is 0 Å². The van der Waals surface area contributed by atoms with Crippen molar-refractivity contribution in [3.05, 3.63) is 41.1 Å². The zero-order chi connectivity index (χ0) is 15.4. The van der Waals surface area contributed by atoms with Crippen LogP contribution in [-0.4, -0.2) is 28.7 Å². The first-order chi connectivity index (χ1) is 9.95. The molecule has 1 aromatic carbocycles. The predicted molar refractivity (Wildman–Crippen MR) is 73.5 cm³/mol. The molecule has 2 N–H and O–H groups in total. The quantitative estimate of drug-likeness (QED) is 0.873. The van der Waals surface area contributed by atoms with E-state index in [0.717, 1.165) is 0 Å². The summed E-state index contributed by atoms with van der Waals surface area (Å²) in [4.78, 5) is 22.5. The van der Waals surface area contributed by atoms with E-state index in [-0.39, 0.29) is 18.1 Å². The van der Waals surface area contributed by atoms with Crippen molar-refractivity contribution in [2.75, 3.05) is 11.9 Å². The van der Waals surface area contributed by atoms with Crippen LogP contribution in [0, 0.1) is 13.8 Å². The Bertz CT molecular complexity index is 678. The van der Waals surface area contributed by atoms with Crippen molar-refractivity contribution in [2.24, 2.45) is 0 Å². The van der Waals surface area contributed by atoms with Gasteiger partial charge in [0.25, 0.3) is 5.91 Å². The van der Waals surface area contributed by atoms with Crippen molar-refractivity contribution in [1.29, 1.82) is 0 Å². The summed E-state index contributed by atoms with van der Waals surface area (Å²) in [6, 6.07) is 6.01. The molecule has 7 heteroatoms. The molecule has 0 radical (unpaired) electrons. The lowest BCUT2D eigenvalue weighted by molar-refractivity contribution is -0.118. The number of benzene rings is 1. The first kappa shape index (κ1) is 14.6. The Balaban J connectivity index is 1.93. The summed E-state index contributed by atoms with van der Waals surface area (Å²) in [6.07, 6.45) is 0. The number of carboxylic acid groups (broad SMARTS) is 1. The van der Waals surface area contributed by atoms with E-state index in [9.17, 15) is 9.59 Å². The molecule has 1 heterocycles. The standard InChI is InChI=1S/C14H14N2O5/c1-8-5-10(14(18)19)3-4-11(8)20-7-12(17)15-13-6-9(2)16-21-13/h3-6H,7H2,1-2H3,(H,15,17)(H,18,19). The van der Waals surface area contributed by atoms with Crippen molar-refractivity contribution < 1.29 is 24.0 Å². The molecule has 7 nitrogen and oxygen atoms in total. The van der Waals surface area contributed by atoms with E-state index in [0.29, 0.717) is 17.0 Å². The van der Waals surface area contributed by atoms with Gasteiger partial charge in [-0.05, 0) is 37.6 Å². The van der Waals surface area contributed by atoms with Gasteiger partial charge < -0.3 is 14.4 Å². The number of ether oxygens (including phenoxy) is 1. The van der Waals surface area contributed by atoms with Crippen molar-refractivity contribution in [3.63, 3.8) is 0 Å². The minimum Gasteiger partial charge on any atom is -0.483 e. The van der Waals surface area contributed by atoms with Crippen LogP contribution in [0.15, 0.2) is 28.8 Å². The lowest BCUT2D eigenvalue weighted by Crippen LogP contribution is -2.20. The number of amides is 1. The highest BCUT2D eigenvalue weighted by Gasteiger charge is 2.10. The number of carboxylic acids is 1. The Morgan fingerprint density at radius 2 is 2.10 bits per heavy atom. The molecule has 0 unspecified atom stereocenters. The predicted octanol–water partition coefficient (Wildman–Crippen LogP) is 2.01. The molecule has 2 rings (SSSR count). The zero-order valence-electron chi connectivity index (χ0n) is 11.5. The number of hydrogen-bond acceptors (Lipinski definition) is 5. The number of aromatic nitrogens is 1. The van der Waals surface area contributed by atoms with E-state index in [2.05, 4.69) is 10.5 Å². The average molecular weight is 290 g/mol. The highest BCUT2D eigenvalue weighted by molar-refractivity contribution is 5.90. The van der Waals surface area contributed by atoms with Gasteiger partial charge in [-0.2, -0.15) is 0 Å². The maximum absolute atomic E-state index is 11.7. The molecule has 0 aliphatic carbocycles. The van der Waals surface area contributed by atoms with E-state index in [1.54, 1.807) is 19.9 Å². The Hall–Kier alpha value is -2.83. The molecule has 0 aliphatic heterocycles. The van der Waals surface area contributed by atoms with Gasteiger partial charge in [0.1, 0.15) is 5.75 Å². The van der Waals surface area contributed by atoms with Gasteiger partial charge in [0, 0.05) is 6.07 Å². The molecule has 1 aromatic heterocycles. The largest absolute Gasteiger partial charge is 0.483 e. The summed E-state index contributed by atoms with van der Waals surface area (Å²) >= 11 is 0. The zero-order valence-corrected chi connectivity index (χ0v) is 11.5. The molecule has 0 bridgehead atoms. The summed E-state index contributed by atoms with van der Waals surface area (Å²) in [5.74, 6) is -0.709. The van der Waals surface area contributed by atoms with Gasteiger partial charge in [-0.1, -0.05) is 5.16 Å². The molecule has 0 saturated heterocycles. The molecule has 21 heavy (non-hydrogen) atoms. The third kappa shape index (κ3) is 3.82. The van der Waals surface area contributed by atoms with Gasteiger partial charge in [0.05, 0.1) is 11.3 Å². The first-order valence-corrected chi connectivity index (χ1v) is 6.15. The van der Waals surface area contributed by atoms with Gasteiger partial charge in [-0.3, -0.25) is 10.1 Å². The lowest BCUT2D eigenvalue weighted by Gasteiger charge is -2.09. The van der Waals surface area contributed by atoms with E-state index < -0.39 is 11.9 Å². The fourth-order valence-electron chi connectivity index (χ4n) is 1.68. The molecule has 1 amide bonds. The van der Waals surface area contributed by atoms with Crippen LogP contribution in [0.5, 0.6) is 5.75 Å². The van der Waals surface area contributed by atoms with Crippen molar-refractivity contribution in [3.8, 4) is 5.75 Å². The van der Waals surface area contributed by atoms with Gasteiger partial charge in [0.15, 0.2) is 6.61 Å². The minimum atomic E-state index is -1.01. The van der Waals surface area contributed by atoms with E-state index in [4.69, 9.17) is 14.4 Å². The maximum atomic E-state index is 11.7. The van der Waals surface area contributed by atoms with Gasteiger partial charge in [-0.25, -0.2) is 4.79 Å². The third-order valence-electron chi connectivity index (χ3n) is 2.67. The second-order valence-electron chi connectivity index (χ2n) is 4.45. The van der Waals surface area contributed by atoms with Crippen LogP contribution >= 0.6 is 0 Å². The normalized spacial score (nSPS) is 10.2. The Morgan fingerprint density at radius 3 is 2.67 bits per heavy atom. The van der Waals surface area contributed by atoms with Crippen LogP contribution in [0.2, 0.25) is 0 Å². The van der Waals surface area contributed by atoms with Crippen molar-refractivity contribution in [1.82, 2.24) is 5.16 Å². The second-order valence-corrected chi connectivity index (χ2v) is 4.45. The van der Waals surface area contributed by atoms with Crippen LogP contribution < -0.4 is 10.1 Å². The molecule has 110 valence electrons. The van der Waals surface area contributed by atoms with Crippen LogP contribution in [0.1, 0.15) is 21.6 Å². The molecule has 0 spiro atoms. The SMILES string of the molecule is Cc1cc(NC(=O)COc2ccc(C(=O)O)cc2C)on1. The Kier molecular flexibility index (Phi) is 4.22. The molecule has 0 saturated carbocycles. The van der Waals surface area contributed by atoms with Gasteiger partial charge in [-0.15, -0.1) is 0 Å². The Labute approximate surface area is 120 Å². The molecule has 0 atom stereocenters.